The van der Waals surface area contributed by atoms with E-state index in [0.29, 0.717) is 23.2 Å². The van der Waals surface area contributed by atoms with Gasteiger partial charge in [-0.2, -0.15) is 0 Å². The van der Waals surface area contributed by atoms with Crippen LogP contribution in [0.5, 0.6) is 0 Å². The van der Waals surface area contributed by atoms with Gasteiger partial charge in [0.05, 0.1) is 36.4 Å². The van der Waals surface area contributed by atoms with E-state index < -0.39 is 5.97 Å². The zero-order valence-corrected chi connectivity index (χ0v) is 19.0. The first-order valence-electron chi connectivity index (χ1n) is 10.6. The molecule has 3 aromatic heterocycles. The minimum absolute atomic E-state index is 0.161. The Morgan fingerprint density at radius 2 is 2.03 bits per heavy atom. The Kier molecular flexibility index (Phi) is 5.06. The van der Waals surface area contributed by atoms with Crippen LogP contribution in [0.1, 0.15) is 31.9 Å². The van der Waals surface area contributed by atoms with E-state index in [2.05, 4.69) is 18.8 Å². The second-order valence-corrected chi connectivity index (χ2v) is 9.45. The summed E-state index contributed by atoms with van der Waals surface area (Å²) in [6.07, 6.45) is 2.12. The maximum absolute atomic E-state index is 13.2. The van der Waals surface area contributed by atoms with Gasteiger partial charge in [0, 0.05) is 22.9 Å². The third-order valence-electron chi connectivity index (χ3n) is 5.67. The number of hydrogen-bond donors (Lipinski definition) is 0. The number of rotatable bonds is 4. The molecular weight excluding hydrogens is 426 g/mol. The molecule has 0 fully saturated rings. The summed E-state index contributed by atoms with van der Waals surface area (Å²) in [5, 5.41) is 0.913. The van der Waals surface area contributed by atoms with E-state index in [0.717, 1.165) is 32.6 Å². The van der Waals surface area contributed by atoms with Gasteiger partial charge >= 0.3 is 5.97 Å². The largest absolute Gasteiger partial charge is 0.465 e. The second-order valence-electron chi connectivity index (χ2n) is 8.45. The van der Waals surface area contributed by atoms with Crippen molar-refractivity contribution in [3.63, 3.8) is 0 Å². The van der Waals surface area contributed by atoms with Crippen molar-refractivity contribution in [1.82, 2.24) is 14.5 Å². The smallest absolute Gasteiger partial charge is 0.326 e. The quantitative estimate of drug-likeness (QED) is 0.437. The summed E-state index contributed by atoms with van der Waals surface area (Å²) in [5.74, 6) is -0.461. The van der Waals surface area contributed by atoms with Gasteiger partial charge in [0.2, 0.25) is 0 Å². The van der Waals surface area contributed by atoms with Gasteiger partial charge in [-0.1, -0.05) is 30.3 Å². The number of thiophene rings is 1. The number of carbonyl (C=O) groups is 1. The van der Waals surface area contributed by atoms with Gasteiger partial charge in [0.1, 0.15) is 16.1 Å². The van der Waals surface area contributed by atoms with Crippen LogP contribution in [0.25, 0.3) is 31.7 Å². The number of pyridine rings is 1. The molecule has 5 rings (SSSR count). The Morgan fingerprint density at radius 1 is 1.25 bits per heavy atom. The Labute approximate surface area is 188 Å². The first-order valence-corrected chi connectivity index (χ1v) is 11.4. The van der Waals surface area contributed by atoms with E-state index in [4.69, 9.17) is 14.5 Å². The van der Waals surface area contributed by atoms with Gasteiger partial charge in [0.15, 0.2) is 0 Å². The highest BCUT2D eigenvalue weighted by Crippen LogP contribution is 2.42. The normalized spacial score (nSPS) is 15.1. The minimum Gasteiger partial charge on any atom is -0.465 e. The summed E-state index contributed by atoms with van der Waals surface area (Å²) in [6, 6.07) is 10.0. The van der Waals surface area contributed by atoms with E-state index in [1.54, 1.807) is 6.92 Å². The molecule has 0 atom stereocenters. The van der Waals surface area contributed by atoms with Crippen molar-refractivity contribution in [2.45, 2.75) is 45.9 Å². The monoisotopic (exact) mass is 449 g/mol. The number of esters is 1. The molecule has 1 aromatic carbocycles. The summed E-state index contributed by atoms with van der Waals surface area (Å²) in [6.45, 7) is 6.43. The van der Waals surface area contributed by atoms with E-state index in [-0.39, 0.29) is 24.3 Å². The summed E-state index contributed by atoms with van der Waals surface area (Å²) < 4.78 is 12.9. The van der Waals surface area contributed by atoms with Crippen LogP contribution in [-0.2, 0) is 33.8 Å². The summed E-state index contributed by atoms with van der Waals surface area (Å²) >= 11 is 1.32. The van der Waals surface area contributed by atoms with Crippen molar-refractivity contribution in [2.24, 2.45) is 0 Å². The maximum atomic E-state index is 13.2. The molecule has 1 aliphatic heterocycles. The van der Waals surface area contributed by atoms with Gasteiger partial charge in [-0.05, 0) is 26.3 Å². The average Bonchev–Trinajstić information content (AvgIpc) is 3.15. The van der Waals surface area contributed by atoms with E-state index in [1.807, 2.05) is 30.3 Å². The highest BCUT2D eigenvalue weighted by molar-refractivity contribution is 7.25. The van der Waals surface area contributed by atoms with Crippen LogP contribution in [-0.4, -0.2) is 32.7 Å². The van der Waals surface area contributed by atoms with Crippen molar-refractivity contribution >= 4 is 37.7 Å². The fraction of sp³-hybridized carbons (Fsp3) is 0.333. The molecule has 4 aromatic rings. The number of carbonyl (C=O) groups excluding carboxylic acids is 1. The molecule has 1 aliphatic rings. The predicted octanol–water partition coefficient (Wildman–Crippen LogP) is 4.09. The highest BCUT2D eigenvalue weighted by atomic mass is 32.1. The van der Waals surface area contributed by atoms with Gasteiger partial charge in [-0.25, -0.2) is 9.97 Å². The van der Waals surface area contributed by atoms with E-state index in [9.17, 15) is 9.59 Å². The lowest BCUT2D eigenvalue weighted by atomic mass is 9.88. The number of ether oxygens (including phenoxy) is 2. The van der Waals surface area contributed by atoms with Crippen molar-refractivity contribution < 1.29 is 14.3 Å². The molecule has 0 spiro atoms. The number of hydrogen-bond acceptors (Lipinski definition) is 7. The summed E-state index contributed by atoms with van der Waals surface area (Å²) in [5.41, 5.74) is 4.11. The molecule has 0 aliphatic carbocycles. The molecule has 164 valence electrons. The Balaban J connectivity index is 1.77. The molecule has 4 heterocycles. The Morgan fingerprint density at radius 3 is 2.78 bits per heavy atom. The second kappa shape index (κ2) is 7.79. The maximum Gasteiger partial charge on any atom is 0.326 e. The molecule has 0 amide bonds. The van der Waals surface area contributed by atoms with E-state index >= 15 is 0 Å². The van der Waals surface area contributed by atoms with Crippen molar-refractivity contribution in [1.29, 1.82) is 0 Å². The SMILES string of the molecule is CCOC(=O)Cn1cnc2c(sc3nc(-c4ccccc4)c4c(c32)CC(C)(C)OC4)c1=O. The fourth-order valence-electron chi connectivity index (χ4n) is 4.19. The average molecular weight is 450 g/mol. The predicted molar refractivity (Wildman–Crippen MR) is 124 cm³/mol. The lowest BCUT2D eigenvalue weighted by Crippen LogP contribution is -2.32. The van der Waals surface area contributed by atoms with Gasteiger partial charge in [-0.3, -0.25) is 14.2 Å². The van der Waals surface area contributed by atoms with Gasteiger partial charge in [0.25, 0.3) is 5.56 Å². The lowest BCUT2D eigenvalue weighted by Gasteiger charge is -2.33. The molecule has 8 heteroatoms. The third-order valence-corrected chi connectivity index (χ3v) is 6.73. The van der Waals surface area contributed by atoms with E-state index in [1.165, 1.54) is 22.2 Å². The highest BCUT2D eigenvalue weighted by Gasteiger charge is 2.32. The minimum atomic E-state index is -0.461. The molecule has 7 nitrogen and oxygen atoms in total. The molecule has 0 radical (unpaired) electrons. The van der Waals surface area contributed by atoms with Gasteiger partial charge < -0.3 is 9.47 Å². The molecule has 0 bridgehead atoms. The molecule has 0 N–H and O–H groups in total. The topological polar surface area (TPSA) is 83.3 Å². The van der Waals surface area contributed by atoms with Crippen LogP contribution in [0.15, 0.2) is 41.5 Å². The van der Waals surface area contributed by atoms with Crippen LogP contribution in [0, 0.1) is 0 Å². The molecular formula is C24H23N3O4S. The fourth-order valence-corrected chi connectivity index (χ4v) is 5.30. The first-order chi connectivity index (χ1) is 15.4. The number of benzene rings is 1. The third kappa shape index (κ3) is 3.49. The molecule has 0 saturated carbocycles. The number of nitrogens with zero attached hydrogens (tertiary/aromatic N) is 3. The Hall–Kier alpha value is -3.10. The summed E-state index contributed by atoms with van der Waals surface area (Å²) in [4.78, 5) is 35.4. The van der Waals surface area contributed by atoms with Gasteiger partial charge in [-0.15, -0.1) is 11.3 Å². The van der Waals surface area contributed by atoms with Crippen LogP contribution in [0.4, 0.5) is 0 Å². The van der Waals surface area contributed by atoms with Crippen LogP contribution in [0.2, 0.25) is 0 Å². The Bertz CT molecular complexity index is 1410. The molecule has 0 saturated heterocycles. The summed E-state index contributed by atoms with van der Waals surface area (Å²) in [7, 11) is 0. The number of aromatic nitrogens is 3. The van der Waals surface area contributed by atoms with Crippen molar-refractivity contribution in [3.8, 4) is 11.3 Å². The molecule has 32 heavy (non-hydrogen) atoms. The number of fused-ring (bicyclic) bond motifs is 5. The zero-order chi connectivity index (χ0) is 22.5. The van der Waals surface area contributed by atoms with Crippen molar-refractivity contribution in [3.05, 3.63) is 58.1 Å². The van der Waals surface area contributed by atoms with Crippen LogP contribution in [0.3, 0.4) is 0 Å². The first kappa shape index (κ1) is 20.8. The van der Waals surface area contributed by atoms with Crippen LogP contribution < -0.4 is 5.56 Å². The van der Waals surface area contributed by atoms with Crippen molar-refractivity contribution in [2.75, 3.05) is 6.61 Å². The zero-order valence-electron chi connectivity index (χ0n) is 18.2. The lowest BCUT2D eigenvalue weighted by molar-refractivity contribution is -0.143. The van der Waals surface area contributed by atoms with Crippen LogP contribution >= 0.6 is 11.3 Å². The standard InChI is InChI=1S/C24H23N3O4S/c1-4-30-17(28)11-27-13-25-20-18-15-10-24(2,3)31-12-16(15)19(14-8-6-5-7-9-14)26-22(18)32-21(20)23(27)29/h5-9,13H,4,10-12H2,1-3H3. The molecule has 0 unspecified atom stereocenters.